The number of hydrogen-bond donors (Lipinski definition) is 2. The number of rotatable bonds is 13. The van der Waals surface area contributed by atoms with Gasteiger partial charge in [0.25, 0.3) is 11.8 Å². The van der Waals surface area contributed by atoms with Crippen LogP contribution in [0.1, 0.15) is 35.4 Å². The van der Waals surface area contributed by atoms with Crippen LogP contribution in [0, 0.1) is 11.8 Å². The molecule has 2 heterocycles. The van der Waals surface area contributed by atoms with E-state index in [4.69, 9.17) is 21.1 Å². The zero-order valence-corrected chi connectivity index (χ0v) is 23.3. The highest BCUT2D eigenvalue weighted by Gasteiger charge is 2.36. The molecule has 2 aliphatic carbocycles. The van der Waals surface area contributed by atoms with Crippen LogP contribution in [-0.4, -0.2) is 74.7 Å². The number of nitrogens with one attached hydrogen (secondary N) is 2. The number of carbonyl (C=O) groups excluding carboxylic acids is 3. The summed E-state index contributed by atoms with van der Waals surface area (Å²) < 4.78 is 36.9. The van der Waals surface area contributed by atoms with E-state index in [0.717, 1.165) is 50.1 Å². The molecule has 3 fully saturated rings. The predicted octanol–water partition coefficient (Wildman–Crippen LogP) is 4.23. The topological polar surface area (TPSA) is 100 Å². The Morgan fingerprint density at radius 2 is 1.88 bits per heavy atom. The van der Waals surface area contributed by atoms with Crippen LogP contribution >= 0.6 is 22.9 Å². The van der Waals surface area contributed by atoms with Crippen molar-refractivity contribution in [2.24, 2.45) is 11.8 Å². The van der Waals surface area contributed by atoms with Gasteiger partial charge in [0.1, 0.15) is 12.6 Å². The van der Waals surface area contributed by atoms with Gasteiger partial charge < -0.3 is 25.0 Å². The molecule has 3 aliphatic rings. The molecule has 2 N–H and O–H groups in total. The van der Waals surface area contributed by atoms with Gasteiger partial charge in [-0.1, -0.05) is 11.6 Å². The molecule has 1 aliphatic heterocycles. The van der Waals surface area contributed by atoms with Crippen molar-refractivity contribution >= 4 is 52.0 Å². The number of anilines is 2. The predicted molar refractivity (Wildman–Crippen MR) is 147 cm³/mol. The Kier molecular flexibility index (Phi) is 9.19. The quantitative estimate of drug-likeness (QED) is 0.359. The molecule has 2 saturated carbocycles. The second kappa shape index (κ2) is 12.8. The van der Waals surface area contributed by atoms with Crippen LogP contribution in [0.15, 0.2) is 30.3 Å². The van der Waals surface area contributed by atoms with Gasteiger partial charge in [0, 0.05) is 37.9 Å². The van der Waals surface area contributed by atoms with Crippen LogP contribution in [-0.2, 0) is 14.3 Å². The van der Waals surface area contributed by atoms with Crippen molar-refractivity contribution in [3.8, 4) is 5.75 Å². The Hall–Kier alpha value is -2.80. The van der Waals surface area contributed by atoms with E-state index in [2.05, 4.69) is 15.5 Å². The Balaban J connectivity index is 1.35. The van der Waals surface area contributed by atoms with Crippen LogP contribution < -0.4 is 20.3 Å². The maximum absolute atomic E-state index is 13.7. The molecule has 0 radical (unpaired) electrons. The number of ether oxygens (including phenoxy) is 2. The smallest absolute Gasteiger partial charge is 0.387 e. The van der Waals surface area contributed by atoms with Gasteiger partial charge in [0.2, 0.25) is 5.91 Å². The van der Waals surface area contributed by atoms with Crippen LogP contribution in [0.2, 0.25) is 4.34 Å². The number of carbonyl (C=O) groups is 3. The average Bonchev–Trinajstić information content (AvgIpc) is 3.85. The van der Waals surface area contributed by atoms with Crippen molar-refractivity contribution in [3.63, 3.8) is 0 Å². The molecule has 5 rings (SSSR count). The minimum atomic E-state index is -3.12. The van der Waals surface area contributed by atoms with E-state index in [1.54, 1.807) is 18.2 Å². The van der Waals surface area contributed by atoms with Gasteiger partial charge in [0.05, 0.1) is 21.5 Å². The number of halogens is 3. The van der Waals surface area contributed by atoms with Crippen LogP contribution in [0.3, 0.4) is 0 Å². The first kappa shape index (κ1) is 28.7. The number of morpholine rings is 1. The maximum atomic E-state index is 13.7. The van der Waals surface area contributed by atoms with E-state index in [-0.39, 0.29) is 61.1 Å². The summed E-state index contributed by atoms with van der Waals surface area (Å²) in [5.41, 5.74) is 0.415. The first-order valence-electron chi connectivity index (χ1n) is 13.3. The summed E-state index contributed by atoms with van der Waals surface area (Å²) in [6, 6.07) is 6.90. The largest absolute Gasteiger partial charge is 0.433 e. The van der Waals surface area contributed by atoms with Gasteiger partial charge >= 0.3 is 6.61 Å². The van der Waals surface area contributed by atoms with E-state index in [9.17, 15) is 23.2 Å². The van der Waals surface area contributed by atoms with Gasteiger partial charge in [-0.15, -0.1) is 11.3 Å². The maximum Gasteiger partial charge on any atom is 0.387 e. The van der Waals surface area contributed by atoms with Gasteiger partial charge in [0.15, 0.2) is 5.75 Å². The molecule has 1 aromatic heterocycles. The van der Waals surface area contributed by atoms with Crippen LogP contribution in [0.4, 0.5) is 20.2 Å². The average molecular weight is 597 g/mol. The van der Waals surface area contributed by atoms with Crippen LogP contribution in [0.5, 0.6) is 5.75 Å². The number of thiophene rings is 1. The third kappa shape index (κ3) is 7.68. The molecule has 40 heavy (non-hydrogen) atoms. The standard InChI is InChI=1S/C27H31ClF2N4O5S/c28-23-8-7-22(40-23)26(37)31-12-20(33(13-16-1-2-16)14-17-3-4-17)25(36)32-18-5-6-19(21(11-18)39-27(29)30)34-9-10-38-15-24(34)35/h5-8,11,16-17,20,27H,1-4,9-10,12-15H2,(H,31,37)(H,32,36)/t20-/m0/s1. The molecule has 0 bridgehead atoms. The second-order valence-electron chi connectivity index (χ2n) is 10.3. The molecular weight excluding hydrogens is 566 g/mol. The van der Waals surface area contributed by atoms with E-state index in [1.807, 2.05) is 0 Å². The van der Waals surface area contributed by atoms with Crippen molar-refractivity contribution in [2.45, 2.75) is 38.3 Å². The van der Waals surface area contributed by atoms with Crippen molar-refractivity contribution in [3.05, 3.63) is 39.5 Å². The Morgan fingerprint density at radius 3 is 2.48 bits per heavy atom. The third-order valence-electron chi connectivity index (χ3n) is 7.10. The monoisotopic (exact) mass is 596 g/mol. The van der Waals surface area contributed by atoms with Gasteiger partial charge in [-0.25, -0.2) is 0 Å². The van der Waals surface area contributed by atoms with Crippen molar-refractivity contribution in [1.82, 2.24) is 10.2 Å². The summed E-state index contributed by atoms with van der Waals surface area (Å²) >= 11 is 7.14. The minimum absolute atomic E-state index is 0.0698. The number of nitrogens with zero attached hydrogens (tertiary/aromatic N) is 2. The summed E-state index contributed by atoms with van der Waals surface area (Å²) in [6.07, 6.45) is 4.41. The molecule has 9 nitrogen and oxygen atoms in total. The normalized spacial score (nSPS) is 18.2. The van der Waals surface area contributed by atoms with Crippen LogP contribution in [0.25, 0.3) is 0 Å². The molecular formula is C27H31ClF2N4O5S. The van der Waals surface area contributed by atoms with E-state index in [0.29, 0.717) is 21.0 Å². The lowest BCUT2D eigenvalue weighted by Gasteiger charge is -2.31. The Labute approximate surface area is 239 Å². The summed E-state index contributed by atoms with van der Waals surface area (Å²) in [4.78, 5) is 42.7. The first-order valence-corrected chi connectivity index (χ1v) is 14.5. The number of amides is 3. The lowest BCUT2D eigenvalue weighted by Crippen LogP contribution is -2.52. The molecule has 3 amide bonds. The summed E-state index contributed by atoms with van der Waals surface area (Å²) in [5.74, 6) is -0.269. The number of hydrogen-bond acceptors (Lipinski definition) is 7. The first-order chi connectivity index (χ1) is 19.3. The van der Waals surface area contributed by atoms with Crippen molar-refractivity contribution < 1.29 is 32.6 Å². The minimum Gasteiger partial charge on any atom is -0.433 e. The fourth-order valence-corrected chi connectivity index (χ4v) is 5.66. The SMILES string of the molecule is O=C(NC[C@@H](C(=O)Nc1ccc(N2CCOCC2=O)c(OC(F)F)c1)N(CC1CC1)CC1CC1)c1ccc(Cl)s1. The van der Waals surface area contributed by atoms with Gasteiger partial charge in [-0.2, -0.15) is 8.78 Å². The summed E-state index contributed by atoms with van der Waals surface area (Å²) in [5, 5.41) is 5.70. The molecule has 1 aromatic carbocycles. The van der Waals surface area contributed by atoms with E-state index < -0.39 is 12.7 Å². The van der Waals surface area contributed by atoms with E-state index in [1.165, 1.54) is 17.0 Å². The second-order valence-corrected chi connectivity index (χ2v) is 12.0. The zero-order valence-electron chi connectivity index (χ0n) is 21.7. The third-order valence-corrected chi connectivity index (χ3v) is 8.33. The number of alkyl halides is 2. The molecule has 2 aromatic rings. The Bertz CT molecular complexity index is 1230. The van der Waals surface area contributed by atoms with Crippen molar-refractivity contribution in [1.29, 1.82) is 0 Å². The molecule has 13 heteroatoms. The summed E-state index contributed by atoms with van der Waals surface area (Å²) in [7, 11) is 0. The lowest BCUT2D eigenvalue weighted by molar-refractivity contribution is -0.126. The fraction of sp³-hybridized carbons (Fsp3) is 0.519. The molecule has 0 spiro atoms. The zero-order chi connectivity index (χ0) is 28.2. The van der Waals surface area contributed by atoms with Gasteiger partial charge in [-0.05, 0) is 61.8 Å². The fourth-order valence-electron chi connectivity index (χ4n) is 4.70. The van der Waals surface area contributed by atoms with Gasteiger partial charge in [-0.3, -0.25) is 19.3 Å². The molecule has 0 unspecified atom stereocenters. The van der Waals surface area contributed by atoms with E-state index >= 15 is 0 Å². The molecule has 1 saturated heterocycles. The number of benzene rings is 1. The van der Waals surface area contributed by atoms with Crippen molar-refractivity contribution in [2.75, 3.05) is 49.6 Å². The molecule has 1 atom stereocenters. The summed E-state index contributed by atoms with van der Waals surface area (Å²) in [6.45, 7) is -1.27. The highest BCUT2D eigenvalue weighted by Crippen LogP contribution is 2.36. The Morgan fingerprint density at radius 1 is 1.15 bits per heavy atom. The highest BCUT2D eigenvalue weighted by atomic mass is 35.5. The highest BCUT2D eigenvalue weighted by molar-refractivity contribution is 7.18. The molecule has 216 valence electrons. The lowest BCUT2D eigenvalue weighted by atomic mass is 10.1.